The van der Waals surface area contributed by atoms with Gasteiger partial charge < -0.3 is 4.74 Å². The molecule has 96 valence electrons. The topological polar surface area (TPSA) is 82.3 Å². The van der Waals surface area contributed by atoms with E-state index >= 15 is 0 Å². The summed E-state index contributed by atoms with van der Waals surface area (Å²) in [6.45, 7) is 1.76. The molecule has 0 unspecified atom stereocenters. The molecule has 1 aromatic heterocycles. The lowest BCUT2D eigenvalue weighted by Gasteiger charge is -2.07. The fraction of sp³-hybridized carbons (Fsp3) is 0.0769. The number of benzene rings is 1. The van der Waals surface area contributed by atoms with Crippen LogP contribution in [-0.4, -0.2) is 16.2 Å². The van der Waals surface area contributed by atoms with Gasteiger partial charge in [0.15, 0.2) is 6.29 Å². The van der Waals surface area contributed by atoms with E-state index in [0.717, 1.165) is 0 Å². The zero-order valence-electron chi connectivity index (χ0n) is 10.1. The van der Waals surface area contributed by atoms with Crippen molar-refractivity contribution in [3.05, 3.63) is 57.8 Å². The number of nitro groups is 1. The zero-order valence-corrected chi connectivity index (χ0v) is 10.1. The molecule has 0 radical (unpaired) electrons. The molecule has 2 rings (SSSR count). The first kappa shape index (κ1) is 12.7. The molecule has 2 aromatic rings. The summed E-state index contributed by atoms with van der Waals surface area (Å²) < 4.78 is 5.49. The number of non-ortho nitro benzene ring substituents is 1. The van der Waals surface area contributed by atoms with E-state index in [1.54, 1.807) is 13.0 Å². The molecule has 0 aliphatic rings. The van der Waals surface area contributed by atoms with Crippen LogP contribution in [0.5, 0.6) is 11.6 Å². The Hall–Kier alpha value is -2.76. The Bertz CT molecular complexity index is 623. The third-order valence-electron chi connectivity index (χ3n) is 2.45. The van der Waals surface area contributed by atoms with Crippen LogP contribution in [0.4, 0.5) is 5.69 Å². The highest BCUT2D eigenvalue weighted by Crippen LogP contribution is 2.24. The average molecular weight is 258 g/mol. The maximum atomic E-state index is 10.6. The number of carbonyl (C=O) groups is 1. The molecule has 0 saturated carbocycles. The fourth-order valence-corrected chi connectivity index (χ4v) is 1.50. The van der Waals surface area contributed by atoms with Gasteiger partial charge in [0.05, 0.1) is 4.92 Å². The number of aldehydes is 1. The summed E-state index contributed by atoms with van der Waals surface area (Å²) in [7, 11) is 0. The van der Waals surface area contributed by atoms with Crippen LogP contribution in [-0.2, 0) is 0 Å². The molecular weight excluding hydrogens is 248 g/mol. The molecule has 19 heavy (non-hydrogen) atoms. The second kappa shape index (κ2) is 5.26. The summed E-state index contributed by atoms with van der Waals surface area (Å²) >= 11 is 0. The Morgan fingerprint density at radius 3 is 2.53 bits per heavy atom. The SMILES string of the molecule is Cc1cc(C=O)cnc1Oc1ccc([N+](=O)[O-])cc1. The van der Waals surface area contributed by atoms with Gasteiger partial charge in [0.25, 0.3) is 5.69 Å². The first-order valence-electron chi connectivity index (χ1n) is 5.44. The van der Waals surface area contributed by atoms with Crippen LogP contribution in [0.15, 0.2) is 36.5 Å². The van der Waals surface area contributed by atoms with Crippen LogP contribution in [0.25, 0.3) is 0 Å². The highest BCUT2D eigenvalue weighted by atomic mass is 16.6. The van der Waals surface area contributed by atoms with E-state index in [1.165, 1.54) is 30.5 Å². The third kappa shape index (κ3) is 2.92. The molecule has 1 aromatic carbocycles. The van der Waals surface area contributed by atoms with Crippen LogP contribution in [0, 0.1) is 17.0 Å². The van der Waals surface area contributed by atoms with Crippen molar-refractivity contribution < 1.29 is 14.5 Å². The number of aromatic nitrogens is 1. The van der Waals surface area contributed by atoms with Crippen LogP contribution < -0.4 is 4.74 Å². The first-order valence-corrected chi connectivity index (χ1v) is 5.44. The molecule has 0 aliphatic carbocycles. The van der Waals surface area contributed by atoms with Gasteiger partial charge in [-0.25, -0.2) is 4.98 Å². The predicted molar refractivity (Wildman–Crippen MR) is 67.5 cm³/mol. The summed E-state index contributed by atoms with van der Waals surface area (Å²) in [5.74, 6) is 0.805. The number of hydrogen-bond acceptors (Lipinski definition) is 5. The van der Waals surface area contributed by atoms with E-state index in [-0.39, 0.29) is 5.69 Å². The van der Waals surface area contributed by atoms with Gasteiger partial charge in [-0.05, 0) is 25.1 Å². The van der Waals surface area contributed by atoms with Gasteiger partial charge >= 0.3 is 0 Å². The molecule has 0 N–H and O–H groups in total. The lowest BCUT2D eigenvalue weighted by molar-refractivity contribution is -0.384. The molecule has 0 bridgehead atoms. The van der Waals surface area contributed by atoms with Crippen molar-refractivity contribution >= 4 is 12.0 Å². The molecule has 0 saturated heterocycles. The van der Waals surface area contributed by atoms with Crippen molar-refractivity contribution in [1.82, 2.24) is 4.98 Å². The van der Waals surface area contributed by atoms with Crippen molar-refractivity contribution in [3.63, 3.8) is 0 Å². The molecule has 0 atom stereocenters. The number of nitro benzene ring substituents is 1. The summed E-state index contributed by atoms with van der Waals surface area (Å²) in [6, 6.07) is 7.34. The largest absolute Gasteiger partial charge is 0.439 e. The monoisotopic (exact) mass is 258 g/mol. The highest BCUT2D eigenvalue weighted by Gasteiger charge is 2.07. The quantitative estimate of drug-likeness (QED) is 0.478. The second-order valence-electron chi connectivity index (χ2n) is 3.86. The van der Waals surface area contributed by atoms with Crippen molar-refractivity contribution in [3.8, 4) is 11.6 Å². The van der Waals surface area contributed by atoms with Crippen LogP contribution in [0.3, 0.4) is 0 Å². The smallest absolute Gasteiger partial charge is 0.269 e. The lowest BCUT2D eigenvalue weighted by Crippen LogP contribution is -1.94. The van der Waals surface area contributed by atoms with E-state index in [2.05, 4.69) is 4.98 Å². The number of aryl methyl sites for hydroxylation is 1. The van der Waals surface area contributed by atoms with Gasteiger partial charge in [-0.1, -0.05) is 0 Å². The Balaban J connectivity index is 2.21. The molecule has 6 nitrogen and oxygen atoms in total. The maximum Gasteiger partial charge on any atom is 0.269 e. The molecule has 0 aliphatic heterocycles. The van der Waals surface area contributed by atoms with Crippen molar-refractivity contribution in [2.24, 2.45) is 0 Å². The predicted octanol–water partition coefficient (Wildman–Crippen LogP) is 2.90. The number of nitrogens with zero attached hydrogens (tertiary/aromatic N) is 2. The van der Waals surface area contributed by atoms with E-state index in [1.807, 2.05) is 0 Å². The summed E-state index contributed by atoms with van der Waals surface area (Å²) in [5, 5.41) is 10.5. The standard InChI is InChI=1S/C13H10N2O4/c1-9-6-10(8-16)7-14-13(9)19-12-4-2-11(3-5-12)15(17)18/h2-8H,1H3. The Morgan fingerprint density at radius 2 is 2.00 bits per heavy atom. The van der Waals surface area contributed by atoms with E-state index < -0.39 is 4.92 Å². The van der Waals surface area contributed by atoms with E-state index in [0.29, 0.717) is 29.0 Å². The van der Waals surface area contributed by atoms with Gasteiger partial charge in [-0.2, -0.15) is 0 Å². The average Bonchev–Trinajstić information content (AvgIpc) is 2.41. The minimum atomic E-state index is -0.480. The van der Waals surface area contributed by atoms with Crippen LogP contribution >= 0.6 is 0 Å². The second-order valence-corrected chi connectivity index (χ2v) is 3.86. The minimum Gasteiger partial charge on any atom is -0.439 e. The Kier molecular flexibility index (Phi) is 3.51. The molecule has 1 heterocycles. The highest BCUT2D eigenvalue weighted by molar-refractivity contribution is 5.74. The summed E-state index contributed by atoms with van der Waals surface area (Å²) in [5.41, 5.74) is 1.17. The molecule has 0 amide bonds. The minimum absolute atomic E-state index is 0.00617. The van der Waals surface area contributed by atoms with Crippen LogP contribution in [0.2, 0.25) is 0 Å². The fourth-order valence-electron chi connectivity index (χ4n) is 1.50. The summed E-state index contributed by atoms with van der Waals surface area (Å²) in [4.78, 5) is 24.6. The van der Waals surface area contributed by atoms with Gasteiger partial charge in [-0.3, -0.25) is 14.9 Å². The number of hydrogen-bond donors (Lipinski definition) is 0. The van der Waals surface area contributed by atoms with Gasteiger partial charge in [0.2, 0.25) is 5.88 Å². The number of ether oxygens (including phenoxy) is 1. The van der Waals surface area contributed by atoms with Gasteiger partial charge in [-0.15, -0.1) is 0 Å². The van der Waals surface area contributed by atoms with Crippen molar-refractivity contribution in [2.75, 3.05) is 0 Å². The summed E-state index contributed by atoms with van der Waals surface area (Å²) in [6.07, 6.45) is 2.11. The zero-order chi connectivity index (χ0) is 13.8. The van der Waals surface area contributed by atoms with Gasteiger partial charge in [0.1, 0.15) is 5.75 Å². The number of pyridine rings is 1. The number of carbonyl (C=O) groups excluding carboxylic acids is 1. The molecule has 0 spiro atoms. The number of rotatable bonds is 4. The van der Waals surface area contributed by atoms with Crippen LogP contribution in [0.1, 0.15) is 15.9 Å². The van der Waals surface area contributed by atoms with E-state index in [4.69, 9.17) is 4.74 Å². The Labute approximate surface area is 108 Å². The maximum absolute atomic E-state index is 10.6. The first-order chi connectivity index (χ1) is 9.10. The molecular formula is C13H10N2O4. The van der Waals surface area contributed by atoms with Crippen molar-refractivity contribution in [1.29, 1.82) is 0 Å². The normalized spacial score (nSPS) is 9.95. The third-order valence-corrected chi connectivity index (χ3v) is 2.45. The lowest BCUT2D eigenvalue weighted by atomic mass is 10.2. The molecule has 6 heteroatoms. The van der Waals surface area contributed by atoms with Gasteiger partial charge in [0, 0.05) is 29.5 Å². The molecule has 0 fully saturated rings. The Morgan fingerprint density at radius 1 is 1.32 bits per heavy atom. The van der Waals surface area contributed by atoms with Crippen molar-refractivity contribution in [2.45, 2.75) is 6.92 Å². The van der Waals surface area contributed by atoms with E-state index in [9.17, 15) is 14.9 Å².